The highest BCUT2D eigenvalue weighted by Crippen LogP contribution is 2.39. The Morgan fingerprint density at radius 2 is 2.18 bits per heavy atom. The Kier molecular flexibility index (Phi) is 2.97. The molecule has 3 rings (SSSR count). The number of hydrogen-bond donors (Lipinski definition) is 0. The number of alkyl halides is 1. The number of aromatic nitrogens is 2. The van der Waals surface area contributed by atoms with Crippen LogP contribution in [0.3, 0.4) is 0 Å². The van der Waals surface area contributed by atoms with Crippen molar-refractivity contribution in [2.24, 2.45) is 0 Å². The lowest BCUT2D eigenvalue weighted by molar-refractivity contribution is 0.834. The maximum atomic E-state index is 5.81. The molecular weight excluding hydrogens is 300 g/mol. The quantitative estimate of drug-likeness (QED) is 0.775. The largest absolute Gasteiger partial charge is 0.240 e. The van der Waals surface area contributed by atoms with Crippen molar-refractivity contribution >= 4 is 27.5 Å². The maximum absolute atomic E-state index is 5.81. The van der Waals surface area contributed by atoms with Gasteiger partial charge in [0.15, 0.2) is 0 Å². The summed E-state index contributed by atoms with van der Waals surface area (Å²) in [5, 5.41) is 4.61. The van der Waals surface area contributed by atoms with E-state index < -0.39 is 0 Å². The summed E-state index contributed by atoms with van der Waals surface area (Å²) in [7, 11) is 0. The molecule has 1 aromatic heterocycles. The van der Waals surface area contributed by atoms with Crippen molar-refractivity contribution in [3.63, 3.8) is 0 Å². The van der Waals surface area contributed by atoms with Gasteiger partial charge in [-0.1, -0.05) is 6.07 Å². The highest BCUT2D eigenvalue weighted by atomic mass is 79.9. The summed E-state index contributed by atoms with van der Waals surface area (Å²) in [5.41, 5.74) is 3.38. The zero-order valence-corrected chi connectivity index (χ0v) is 11.6. The van der Waals surface area contributed by atoms with Crippen molar-refractivity contribution in [3.8, 4) is 5.69 Å². The minimum absolute atomic E-state index is 0.533. The van der Waals surface area contributed by atoms with Gasteiger partial charge < -0.3 is 0 Å². The van der Waals surface area contributed by atoms with E-state index in [1.54, 1.807) is 0 Å². The Labute approximate surface area is 114 Å². The molecular formula is C13H12BrClN2. The zero-order chi connectivity index (χ0) is 11.8. The Balaban J connectivity index is 1.96. The van der Waals surface area contributed by atoms with Gasteiger partial charge in [0.1, 0.15) is 0 Å². The number of benzene rings is 1. The summed E-state index contributed by atoms with van der Waals surface area (Å²) in [6.45, 7) is 0. The maximum Gasteiger partial charge on any atom is 0.0787 e. The Hall–Kier alpha value is -0.800. The average Bonchev–Trinajstić information content (AvgIpc) is 3.08. The van der Waals surface area contributed by atoms with Gasteiger partial charge in [-0.3, -0.25) is 0 Å². The van der Waals surface area contributed by atoms with Gasteiger partial charge in [-0.2, -0.15) is 5.10 Å². The van der Waals surface area contributed by atoms with Gasteiger partial charge in [0, 0.05) is 22.5 Å². The second kappa shape index (κ2) is 4.46. The van der Waals surface area contributed by atoms with Crippen LogP contribution >= 0.6 is 27.5 Å². The van der Waals surface area contributed by atoms with Gasteiger partial charge in [0.05, 0.1) is 11.4 Å². The molecule has 1 saturated carbocycles. The molecule has 1 aliphatic carbocycles. The van der Waals surface area contributed by atoms with Crippen LogP contribution in [0.5, 0.6) is 0 Å². The predicted octanol–water partition coefficient (Wildman–Crippen LogP) is 4.25. The van der Waals surface area contributed by atoms with Gasteiger partial charge in [0.2, 0.25) is 0 Å². The molecule has 1 aliphatic rings. The van der Waals surface area contributed by atoms with Crippen LogP contribution in [-0.4, -0.2) is 9.78 Å². The zero-order valence-electron chi connectivity index (χ0n) is 9.24. The summed E-state index contributed by atoms with van der Waals surface area (Å²) in [5.74, 6) is 1.22. The van der Waals surface area contributed by atoms with Crippen LogP contribution < -0.4 is 0 Å². The van der Waals surface area contributed by atoms with E-state index in [1.165, 1.54) is 18.5 Å². The molecule has 0 spiro atoms. The Bertz CT molecular complexity index is 546. The van der Waals surface area contributed by atoms with Crippen LogP contribution in [0.1, 0.15) is 30.0 Å². The van der Waals surface area contributed by atoms with Crippen molar-refractivity contribution in [2.45, 2.75) is 24.6 Å². The van der Waals surface area contributed by atoms with E-state index in [2.05, 4.69) is 27.1 Å². The molecule has 0 atom stereocenters. The lowest BCUT2D eigenvalue weighted by Crippen LogP contribution is -1.97. The molecule has 0 amide bonds. The summed E-state index contributed by atoms with van der Waals surface area (Å²) in [4.78, 5) is 0. The molecule has 0 radical (unpaired) electrons. The van der Waals surface area contributed by atoms with Crippen molar-refractivity contribution in [2.75, 3.05) is 0 Å². The smallest absolute Gasteiger partial charge is 0.0787 e. The molecule has 1 fully saturated rings. The second-order valence-electron chi connectivity index (χ2n) is 4.38. The first-order valence-corrected chi connectivity index (χ1v) is 7.01. The Morgan fingerprint density at radius 3 is 2.82 bits per heavy atom. The van der Waals surface area contributed by atoms with Crippen LogP contribution in [0.15, 0.2) is 34.9 Å². The summed E-state index contributed by atoms with van der Waals surface area (Å²) in [6, 6.07) is 8.23. The molecule has 2 aromatic rings. The van der Waals surface area contributed by atoms with E-state index >= 15 is 0 Å². The van der Waals surface area contributed by atoms with Gasteiger partial charge in [0.25, 0.3) is 0 Å². The Morgan fingerprint density at radius 1 is 1.35 bits per heavy atom. The van der Waals surface area contributed by atoms with Gasteiger partial charge in [-0.25, -0.2) is 4.68 Å². The third-order valence-electron chi connectivity index (χ3n) is 3.02. The number of nitrogens with zero attached hydrogens (tertiary/aromatic N) is 2. The van der Waals surface area contributed by atoms with E-state index in [9.17, 15) is 0 Å². The third kappa shape index (κ3) is 2.26. The van der Waals surface area contributed by atoms with Crippen molar-refractivity contribution < 1.29 is 0 Å². The molecule has 0 saturated heterocycles. The highest BCUT2D eigenvalue weighted by Gasteiger charge is 2.25. The lowest BCUT2D eigenvalue weighted by atomic mass is 10.2. The highest BCUT2D eigenvalue weighted by molar-refractivity contribution is 9.10. The van der Waals surface area contributed by atoms with Crippen LogP contribution in [-0.2, 0) is 5.88 Å². The fourth-order valence-electron chi connectivity index (χ4n) is 1.89. The van der Waals surface area contributed by atoms with E-state index in [0.717, 1.165) is 15.7 Å². The molecule has 4 heteroatoms. The molecule has 2 nitrogen and oxygen atoms in total. The summed E-state index contributed by atoms with van der Waals surface area (Å²) < 4.78 is 2.96. The van der Waals surface area contributed by atoms with Crippen LogP contribution in [0, 0.1) is 0 Å². The minimum Gasteiger partial charge on any atom is -0.240 e. The van der Waals surface area contributed by atoms with Crippen LogP contribution in [0.25, 0.3) is 5.69 Å². The van der Waals surface area contributed by atoms with Crippen molar-refractivity contribution in [3.05, 3.63) is 46.2 Å². The first-order valence-electron chi connectivity index (χ1n) is 5.68. The fraction of sp³-hybridized carbons (Fsp3) is 0.308. The molecule has 88 valence electrons. The minimum atomic E-state index is 0.533. The number of halogens is 2. The first kappa shape index (κ1) is 11.3. The molecule has 1 heterocycles. The summed E-state index contributed by atoms with van der Waals surface area (Å²) in [6.07, 6.45) is 4.58. The average molecular weight is 312 g/mol. The molecule has 0 bridgehead atoms. The third-order valence-corrected chi connectivity index (χ3v) is 3.96. The fourth-order valence-corrected chi connectivity index (χ4v) is 2.66. The molecule has 17 heavy (non-hydrogen) atoms. The second-order valence-corrected chi connectivity index (χ2v) is 5.50. The van der Waals surface area contributed by atoms with E-state index in [4.69, 9.17) is 11.6 Å². The molecule has 0 N–H and O–H groups in total. The normalized spacial score (nSPS) is 15.2. The van der Waals surface area contributed by atoms with E-state index in [0.29, 0.717) is 11.8 Å². The molecule has 1 aromatic carbocycles. The first-order chi connectivity index (χ1) is 8.28. The molecule has 0 unspecified atom stereocenters. The van der Waals surface area contributed by atoms with Crippen molar-refractivity contribution in [1.82, 2.24) is 9.78 Å². The molecule has 0 aliphatic heterocycles. The number of rotatable bonds is 3. The van der Waals surface area contributed by atoms with Gasteiger partial charge in [-0.05, 0) is 52.5 Å². The topological polar surface area (TPSA) is 17.8 Å². The van der Waals surface area contributed by atoms with Gasteiger partial charge >= 0.3 is 0 Å². The summed E-state index contributed by atoms with van der Waals surface area (Å²) >= 11 is 9.38. The standard InChI is InChI=1S/C13H12BrClN2/c14-11-7-9(8-15)1-4-13(11)17-6-5-12(16-17)10-2-3-10/h1,4-7,10H,2-3,8H2. The van der Waals surface area contributed by atoms with E-state index in [1.807, 2.05) is 29.1 Å². The SMILES string of the molecule is ClCc1ccc(-n2ccc(C3CC3)n2)c(Br)c1. The number of hydrogen-bond acceptors (Lipinski definition) is 1. The van der Waals surface area contributed by atoms with E-state index in [-0.39, 0.29) is 0 Å². The van der Waals surface area contributed by atoms with Gasteiger partial charge in [-0.15, -0.1) is 11.6 Å². The lowest BCUT2D eigenvalue weighted by Gasteiger charge is -2.06. The van der Waals surface area contributed by atoms with Crippen LogP contribution in [0.2, 0.25) is 0 Å². The predicted molar refractivity (Wildman–Crippen MR) is 72.8 cm³/mol. The monoisotopic (exact) mass is 310 g/mol. The van der Waals surface area contributed by atoms with Crippen LogP contribution in [0.4, 0.5) is 0 Å². The van der Waals surface area contributed by atoms with Crippen molar-refractivity contribution in [1.29, 1.82) is 0 Å².